The van der Waals surface area contributed by atoms with E-state index in [9.17, 15) is 5.26 Å². The van der Waals surface area contributed by atoms with Crippen molar-refractivity contribution in [1.29, 1.82) is 5.26 Å². The lowest BCUT2D eigenvalue weighted by molar-refractivity contribution is 1.08. The number of aromatic nitrogens is 1. The first-order chi connectivity index (χ1) is 9.10. The lowest BCUT2D eigenvalue weighted by atomic mass is 10.1. The minimum absolute atomic E-state index is 0.623. The van der Waals surface area contributed by atoms with Crippen LogP contribution in [0.15, 0.2) is 30.3 Å². The molecule has 0 aliphatic heterocycles. The van der Waals surface area contributed by atoms with Gasteiger partial charge in [0.05, 0.1) is 16.9 Å². The zero-order chi connectivity index (χ0) is 13.8. The van der Waals surface area contributed by atoms with Crippen molar-refractivity contribution in [2.75, 3.05) is 5.32 Å². The Bertz CT molecular complexity index is 639. The monoisotopic (exact) mass is 251 g/mol. The van der Waals surface area contributed by atoms with Crippen molar-refractivity contribution in [1.82, 2.24) is 4.98 Å². The molecular formula is C16H17N3. The van der Waals surface area contributed by atoms with Gasteiger partial charge in [0.15, 0.2) is 0 Å². The molecule has 96 valence electrons. The van der Waals surface area contributed by atoms with Crippen LogP contribution in [0.25, 0.3) is 0 Å². The quantitative estimate of drug-likeness (QED) is 0.908. The predicted octanol–water partition coefficient (Wildman–Crippen LogP) is 3.49. The van der Waals surface area contributed by atoms with E-state index in [1.807, 2.05) is 26.0 Å². The van der Waals surface area contributed by atoms with Crippen LogP contribution in [-0.4, -0.2) is 4.98 Å². The molecule has 0 aliphatic rings. The number of rotatable bonds is 3. The highest BCUT2D eigenvalue weighted by molar-refractivity contribution is 5.60. The maximum absolute atomic E-state index is 9.20. The topological polar surface area (TPSA) is 48.7 Å². The molecular weight excluding hydrogens is 234 g/mol. The summed E-state index contributed by atoms with van der Waals surface area (Å²) >= 11 is 0. The number of hydrogen-bond donors (Lipinski definition) is 1. The Morgan fingerprint density at radius 3 is 2.68 bits per heavy atom. The van der Waals surface area contributed by atoms with Gasteiger partial charge in [-0.15, -0.1) is 0 Å². The molecule has 1 N–H and O–H groups in total. The van der Waals surface area contributed by atoms with E-state index in [1.165, 1.54) is 11.1 Å². The Kier molecular flexibility index (Phi) is 3.82. The Hall–Kier alpha value is -2.34. The third-order valence-electron chi connectivity index (χ3n) is 3.01. The molecule has 1 heterocycles. The van der Waals surface area contributed by atoms with E-state index in [0.717, 1.165) is 17.1 Å². The van der Waals surface area contributed by atoms with Crippen LogP contribution >= 0.6 is 0 Å². The maximum Gasteiger partial charge on any atom is 0.103 e. The summed E-state index contributed by atoms with van der Waals surface area (Å²) in [5.41, 5.74) is 5.61. The number of benzene rings is 1. The van der Waals surface area contributed by atoms with Gasteiger partial charge in [-0.05, 0) is 32.4 Å². The predicted molar refractivity (Wildman–Crippen MR) is 76.9 cm³/mol. The number of nitrogens with zero attached hydrogens (tertiary/aromatic N) is 2. The van der Waals surface area contributed by atoms with Crippen LogP contribution in [0.3, 0.4) is 0 Å². The second-order valence-electron chi connectivity index (χ2n) is 4.73. The van der Waals surface area contributed by atoms with Crippen molar-refractivity contribution >= 4 is 5.69 Å². The van der Waals surface area contributed by atoms with Crippen LogP contribution in [-0.2, 0) is 6.54 Å². The summed E-state index contributed by atoms with van der Waals surface area (Å²) in [5.74, 6) is 0. The molecule has 1 aromatic heterocycles. The van der Waals surface area contributed by atoms with Crippen molar-refractivity contribution in [3.8, 4) is 6.07 Å². The van der Waals surface area contributed by atoms with E-state index >= 15 is 0 Å². The van der Waals surface area contributed by atoms with Crippen molar-refractivity contribution in [3.05, 3.63) is 58.4 Å². The Balaban J connectivity index is 2.22. The highest BCUT2D eigenvalue weighted by atomic mass is 14.9. The van der Waals surface area contributed by atoms with Gasteiger partial charge >= 0.3 is 0 Å². The number of nitrogens with one attached hydrogen (secondary N) is 1. The van der Waals surface area contributed by atoms with Gasteiger partial charge in [-0.2, -0.15) is 5.26 Å². The molecule has 1 aromatic carbocycles. The summed E-state index contributed by atoms with van der Waals surface area (Å²) in [7, 11) is 0. The van der Waals surface area contributed by atoms with Gasteiger partial charge < -0.3 is 5.32 Å². The highest BCUT2D eigenvalue weighted by Crippen LogP contribution is 2.19. The Labute approximate surface area is 113 Å². The zero-order valence-electron chi connectivity index (χ0n) is 11.5. The maximum atomic E-state index is 9.20. The number of pyridine rings is 1. The second-order valence-corrected chi connectivity index (χ2v) is 4.73. The van der Waals surface area contributed by atoms with Gasteiger partial charge in [0.2, 0.25) is 0 Å². The molecule has 0 radical (unpaired) electrons. The van der Waals surface area contributed by atoms with E-state index in [2.05, 4.69) is 41.5 Å². The summed E-state index contributed by atoms with van der Waals surface area (Å²) in [6.07, 6.45) is 0. The number of hydrogen-bond acceptors (Lipinski definition) is 3. The van der Waals surface area contributed by atoms with Crippen LogP contribution < -0.4 is 5.32 Å². The molecule has 0 amide bonds. The molecule has 0 fully saturated rings. The second kappa shape index (κ2) is 5.53. The van der Waals surface area contributed by atoms with Gasteiger partial charge in [0.1, 0.15) is 6.07 Å². The lowest BCUT2D eigenvalue weighted by Gasteiger charge is -2.11. The van der Waals surface area contributed by atoms with Crippen molar-refractivity contribution in [3.63, 3.8) is 0 Å². The lowest BCUT2D eigenvalue weighted by Crippen LogP contribution is -2.04. The summed E-state index contributed by atoms with van der Waals surface area (Å²) in [6, 6.07) is 12.5. The fraction of sp³-hybridized carbons (Fsp3) is 0.250. The van der Waals surface area contributed by atoms with E-state index in [1.54, 1.807) is 0 Å². The highest BCUT2D eigenvalue weighted by Gasteiger charge is 2.07. The Morgan fingerprint density at radius 1 is 1.21 bits per heavy atom. The molecule has 3 heteroatoms. The van der Waals surface area contributed by atoms with Gasteiger partial charge in [-0.25, -0.2) is 0 Å². The van der Waals surface area contributed by atoms with E-state index in [4.69, 9.17) is 0 Å². The smallest absolute Gasteiger partial charge is 0.103 e. The number of aryl methyl sites for hydroxylation is 3. The molecule has 0 bridgehead atoms. The Morgan fingerprint density at radius 2 is 2.00 bits per heavy atom. The molecule has 19 heavy (non-hydrogen) atoms. The molecule has 2 aromatic rings. The average molecular weight is 251 g/mol. The van der Waals surface area contributed by atoms with Crippen LogP contribution in [0.4, 0.5) is 5.69 Å². The van der Waals surface area contributed by atoms with Gasteiger partial charge in [-0.3, -0.25) is 4.98 Å². The molecule has 0 spiro atoms. The van der Waals surface area contributed by atoms with Gasteiger partial charge in [-0.1, -0.05) is 29.8 Å². The van der Waals surface area contributed by atoms with Crippen molar-refractivity contribution in [2.24, 2.45) is 0 Å². The zero-order valence-corrected chi connectivity index (χ0v) is 11.5. The van der Waals surface area contributed by atoms with Crippen LogP contribution in [0.2, 0.25) is 0 Å². The van der Waals surface area contributed by atoms with Crippen LogP contribution in [0.5, 0.6) is 0 Å². The van der Waals surface area contributed by atoms with Gasteiger partial charge in [0.25, 0.3) is 0 Å². The molecule has 0 unspecified atom stereocenters. The standard InChI is InChI=1S/C16H17N3/c1-11-5-4-6-14(7-11)10-18-16-8-12(2)19-13(3)15(16)9-17/h4-8H,10H2,1-3H3,(H,18,19). The first kappa shape index (κ1) is 13.1. The van der Waals surface area contributed by atoms with Crippen LogP contribution in [0, 0.1) is 32.1 Å². The minimum Gasteiger partial charge on any atom is -0.380 e. The fourth-order valence-electron chi connectivity index (χ4n) is 2.13. The van der Waals surface area contributed by atoms with E-state index in [0.29, 0.717) is 12.1 Å². The van der Waals surface area contributed by atoms with Crippen molar-refractivity contribution < 1.29 is 0 Å². The molecule has 0 saturated carbocycles. The number of anilines is 1. The van der Waals surface area contributed by atoms with E-state index in [-0.39, 0.29) is 0 Å². The molecule has 0 saturated heterocycles. The summed E-state index contributed by atoms with van der Waals surface area (Å²) in [6.45, 7) is 6.58. The van der Waals surface area contributed by atoms with Gasteiger partial charge in [0, 0.05) is 12.2 Å². The number of nitriles is 1. The first-order valence-electron chi connectivity index (χ1n) is 6.28. The minimum atomic E-state index is 0.623. The summed E-state index contributed by atoms with van der Waals surface area (Å²) in [5, 5.41) is 12.5. The van der Waals surface area contributed by atoms with Crippen LogP contribution in [0.1, 0.15) is 28.1 Å². The van der Waals surface area contributed by atoms with E-state index < -0.39 is 0 Å². The third kappa shape index (κ3) is 3.11. The third-order valence-corrected chi connectivity index (χ3v) is 3.01. The molecule has 0 aliphatic carbocycles. The average Bonchev–Trinajstić information content (AvgIpc) is 2.36. The fourth-order valence-corrected chi connectivity index (χ4v) is 2.13. The molecule has 3 nitrogen and oxygen atoms in total. The van der Waals surface area contributed by atoms with Crippen molar-refractivity contribution in [2.45, 2.75) is 27.3 Å². The normalized spacial score (nSPS) is 10.0. The molecule has 2 rings (SSSR count). The largest absolute Gasteiger partial charge is 0.380 e. The first-order valence-corrected chi connectivity index (χ1v) is 6.28. The molecule has 0 atom stereocenters. The SMILES string of the molecule is Cc1cccc(CNc2cc(C)nc(C)c2C#N)c1. The summed E-state index contributed by atoms with van der Waals surface area (Å²) in [4.78, 5) is 4.31. The summed E-state index contributed by atoms with van der Waals surface area (Å²) < 4.78 is 0.